The van der Waals surface area contributed by atoms with E-state index in [9.17, 15) is 14.4 Å². The molecule has 0 saturated carbocycles. The van der Waals surface area contributed by atoms with E-state index >= 15 is 0 Å². The average molecular weight is 242 g/mol. The summed E-state index contributed by atoms with van der Waals surface area (Å²) in [5, 5.41) is 0. The molecule has 0 aromatic heterocycles. The number of hydrogen-bond acceptors (Lipinski definition) is 4. The van der Waals surface area contributed by atoms with Crippen LogP contribution in [0.5, 0.6) is 0 Å². The van der Waals surface area contributed by atoms with Gasteiger partial charge in [0.15, 0.2) is 0 Å². The van der Waals surface area contributed by atoms with Gasteiger partial charge in [0.2, 0.25) is 11.8 Å². The van der Waals surface area contributed by atoms with Gasteiger partial charge in [0.1, 0.15) is 0 Å². The second-order valence-corrected chi connectivity index (χ2v) is 3.96. The van der Waals surface area contributed by atoms with Crippen LogP contribution in [0.15, 0.2) is 0 Å². The minimum Gasteiger partial charge on any atom is -0.469 e. The summed E-state index contributed by atoms with van der Waals surface area (Å²) in [5.41, 5.74) is 0. The van der Waals surface area contributed by atoms with Gasteiger partial charge in [0.05, 0.1) is 13.5 Å². The lowest BCUT2D eigenvalue weighted by Crippen LogP contribution is -2.50. The van der Waals surface area contributed by atoms with Crippen LogP contribution in [0, 0.1) is 0 Å². The van der Waals surface area contributed by atoms with Crippen LogP contribution in [0.3, 0.4) is 0 Å². The molecular weight excluding hydrogens is 224 g/mol. The molecule has 1 heterocycles. The summed E-state index contributed by atoms with van der Waals surface area (Å²) in [5.74, 6) is -0.397. The Kier molecular flexibility index (Phi) is 4.93. The van der Waals surface area contributed by atoms with Crippen LogP contribution in [0.25, 0.3) is 0 Å². The smallest absolute Gasteiger partial charge is 0.306 e. The maximum Gasteiger partial charge on any atom is 0.306 e. The van der Waals surface area contributed by atoms with Crippen molar-refractivity contribution >= 4 is 17.8 Å². The monoisotopic (exact) mass is 242 g/mol. The Bertz CT molecular complexity index is 309. The number of nitrogens with zero attached hydrogens (tertiary/aromatic N) is 2. The molecule has 0 aromatic rings. The Labute approximate surface area is 101 Å². The van der Waals surface area contributed by atoms with Crippen LogP contribution < -0.4 is 0 Å². The van der Waals surface area contributed by atoms with Crippen molar-refractivity contribution in [3.63, 3.8) is 0 Å². The zero-order valence-electron chi connectivity index (χ0n) is 10.3. The number of esters is 1. The van der Waals surface area contributed by atoms with Crippen molar-refractivity contribution in [1.82, 2.24) is 9.80 Å². The molecule has 0 unspecified atom stereocenters. The van der Waals surface area contributed by atoms with E-state index in [1.54, 1.807) is 9.80 Å². The molecule has 0 atom stereocenters. The molecule has 6 nitrogen and oxygen atoms in total. The third kappa shape index (κ3) is 4.05. The third-order valence-electron chi connectivity index (χ3n) is 2.85. The summed E-state index contributed by atoms with van der Waals surface area (Å²) in [6.07, 6.45) is 0.287. The molecule has 0 aromatic carbocycles. The minimum atomic E-state index is -0.374. The van der Waals surface area contributed by atoms with Gasteiger partial charge in [-0.2, -0.15) is 0 Å². The molecule has 0 aliphatic carbocycles. The Balaban J connectivity index is 2.31. The predicted molar refractivity (Wildman–Crippen MR) is 60.1 cm³/mol. The highest BCUT2D eigenvalue weighted by Gasteiger charge is 2.22. The van der Waals surface area contributed by atoms with Crippen molar-refractivity contribution in [3.05, 3.63) is 0 Å². The standard InChI is InChI=1S/C11H18N2O4/c1-9(14)12-5-7-13(8-6-12)10(15)3-4-11(16)17-2/h3-8H2,1-2H3. The number of piperazine rings is 1. The number of amides is 2. The average Bonchev–Trinajstić information content (AvgIpc) is 2.35. The first kappa shape index (κ1) is 13.5. The minimum absolute atomic E-state index is 0.0339. The highest BCUT2D eigenvalue weighted by molar-refractivity contribution is 5.81. The van der Waals surface area contributed by atoms with Crippen molar-refractivity contribution in [1.29, 1.82) is 0 Å². The summed E-state index contributed by atoms with van der Waals surface area (Å²) >= 11 is 0. The quantitative estimate of drug-likeness (QED) is 0.633. The Morgan fingerprint density at radius 3 is 2.00 bits per heavy atom. The van der Waals surface area contributed by atoms with E-state index in [1.165, 1.54) is 14.0 Å². The van der Waals surface area contributed by atoms with Gasteiger partial charge in [-0.3, -0.25) is 14.4 Å². The molecule has 6 heteroatoms. The summed E-state index contributed by atoms with van der Waals surface area (Å²) in [7, 11) is 1.30. The van der Waals surface area contributed by atoms with Gasteiger partial charge < -0.3 is 14.5 Å². The molecule has 0 bridgehead atoms. The van der Waals surface area contributed by atoms with Crippen molar-refractivity contribution in [2.24, 2.45) is 0 Å². The van der Waals surface area contributed by atoms with Crippen LogP contribution in [-0.4, -0.2) is 60.9 Å². The van der Waals surface area contributed by atoms with Gasteiger partial charge in [-0.1, -0.05) is 0 Å². The maximum absolute atomic E-state index is 11.7. The zero-order valence-corrected chi connectivity index (χ0v) is 10.3. The van der Waals surface area contributed by atoms with E-state index in [-0.39, 0.29) is 30.6 Å². The molecule has 1 rings (SSSR count). The predicted octanol–water partition coefficient (Wildman–Crippen LogP) is -0.370. The SMILES string of the molecule is COC(=O)CCC(=O)N1CCN(C(C)=O)CC1. The first-order chi connectivity index (χ1) is 8.04. The lowest BCUT2D eigenvalue weighted by molar-refractivity contribution is -0.144. The molecular formula is C11H18N2O4. The largest absolute Gasteiger partial charge is 0.469 e. The van der Waals surface area contributed by atoms with Gasteiger partial charge in [-0.25, -0.2) is 0 Å². The first-order valence-corrected chi connectivity index (χ1v) is 5.64. The van der Waals surface area contributed by atoms with Crippen LogP contribution in [0.2, 0.25) is 0 Å². The molecule has 1 aliphatic heterocycles. The maximum atomic E-state index is 11.7. The molecule has 1 aliphatic rings. The van der Waals surface area contributed by atoms with Gasteiger partial charge in [0.25, 0.3) is 0 Å². The topological polar surface area (TPSA) is 66.9 Å². The summed E-state index contributed by atoms with van der Waals surface area (Å²) in [4.78, 5) is 37.1. The van der Waals surface area contributed by atoms with Crippen molar-refractivity contribution in [3.8, 4) is 0 Å². The fourth-order valence-electron chi connectivity index (χ4n) is 1.74. The number of hydrogen-bond donors (Lipinski definition) is 0. The number of rotatable bonds is 3. The van der Waals surface area contributed by atoms with Crippen LogP contribution in [0.1, 0.15) is 19.8 Å². The van der Waals surface area contributed by atoms with E-state index in [2.05, 4.69) is 4.74 Å². The second kappa shape index (κ2) is 6.22. The van der Waals surface area contributed by atoms with E-state index in [4.69, 9.17) is 0 Å². The first-order valence-electron chi connectivity index (χ1n) is 5.64. The van der Waals surface area contributed by atoms with E-state index in [1.807, 2.05) is 0 Å². The van der Waals surface area contributed by atoms with Crippen molar-refractivity contribution in [2.45, 2.75) is 19.8 Å². The van der Waals surface area contributed by atoms with Gasteiger partial charge in [0, 0.05) is 39.5 Å². The van der Waals surface area contributed by atoms with Crippen molar-refractivity contribution in [2.75, 3.05) is 33.3 Å². The van der Waals surface area contributed by atoms with Gasteiger partial charge in [-0.15, -0.1) is 0 Å². The summed E-state index contributed by atoms with van der Waals surface area (Å²) in [6, 6.07) is 0. The molecule has 0 N–H and O–H groups in total. The molecule has 2 amide bonds. The molecule has 0 spiro atoms. The highest BCUT2D eigenvalue weighted by Crippen LogP contribution is 2.05. The van der Waals surface area contributed by atoms with Gasteiger partial charge in [-0.05, 0) is 0 Å². The lowest BCUT2D eigenvalue weighted by atomic mass is 10.2. The molecule has 1 saturated heterocycles. The second-order valence-electron chi connectivity index (χ2n) is 3.96. The molecule has 1 fully saturated rings. The van der Waals surface area contributed by atoms with E-state index in [0.717, 1.165) is 0 Å². The number of ether oxygens (including phenoxy) is 1. The molecule has 96 valence electrons. The van der Waals surface area contributed by atoms with E-state index in [0.29, 0.717) is 26.2 Å². The lowest BCUT2D eigenvalue weighted by Gasteiger charge is -2.34. The molecule has 17 heavy (non-hydrogen) atoms. The van der Waals surface area contributed by atoms with Crippen molar-refractivity contribution < 1.29 is 19.1 Å². The van der Waals surface area contributed by atoms with Crippen LogP contribution in [0.4, 0.5) is 0 Å². The zero-order chi connectivity index (χ0) is 12.8. The third-order valence-corrected chi connectivity index (χ3v) is 2.85. The fraction of sp³-hybridized carbons (Fsp3) is 0.727. The Morgan fingerprint density at radius 2 is 1.53 bits per heavy atom. The van der Waals surface area contributed by atoms with E-state index < -0.39 is 0 Å². The van der Waals surface area contributed by atoms with Crippen LogP contribution >= 0.6 is 0 Å². The summed E-state index contributed by atoms with van der Waals surface area (Å²) in [6.45, 7) is 3.74. The Morgan fingerprint density at radius 1 is 1.00 bits per heavy atom. The number of carbonyl (C=O) groups excluding carboxylic acids is 3. The van der Waals surface area contributed by atoms with Gasteiger partial charge >= 0.3 is 5.97 Å². The number of methoxy groups -OCH3 is 1. The number of carbonyl (C=O) groups is 3. The van der Waals surface area contributed by atoms with Crippen LogP contribution in [-0.2, 0) is 19.1 Å². The molecule has 0 radical (unpaired) electrons. The highest BCUT2D eigenvalue weighted by atomic mass is 16.5. The Hall–Kier alpha value is -1.59. The fourth-order valence-corrected chi connectivity index (χ4v) is 1.74. The normalized spacial score (nSPS) is 15.6. The summed E-state index contributed by atoms with van der Waals surface area (Å²) < 4.78 is 4.47.